The lowest BCUT2D eigenvalue weighted by atomic mass is 9.98. The van der Waals surface area contributed by atoms with Gasteiger partial charge in [0.1, 0.15) is 6.54 Å². The highest BCUT2D eigenvalue weighted by atomic mass is 79.9. The third-order valence-electron chi connectivity index (χ3n) is 8.68. The van der Waals surface area contributed by atoms with Crippen LogP contribution in [0.2, 0.25) is 0 Å². The Morgan fingerprint density at radius 2 is 1.79 bits per heavy atom. The lowest BCUT2D eigenvalue weighted by Gasteiger charge is -2.34. The van der Waals surface area contributed by atoms with Gasteiger partial charge in [0.25, 0.3) is 11.5 Å². The van der Waals surface area contributed by atoms with Crippen LogP contribution < -0.4 is 5.56 Å². The fraction of sp³-hybridized carbons (Fsp3) is 0.344. The maximum Gasteiger partial charge on any atom is 0.417 e. The van der Waals surface area contributed by atoms with Crippen molar-refractivity contribution in [2.45, 2.75) is 70.5 Å². The molecule has 1 saturated carbocycles. The van der Waals surface area contributed by atoms with Crippen LogP contribution in [0, 0.1) is 6.92 Å². The molecule has 7 rings (SSSR count). The molecule has 1 aliphatic heterocycles. The van der Waals surface area contributed by atoms with Crippen LogP contribution in [0.3, 0.4) is 0 Å². The number of alkyl halides is 6. The van der Waals surface area contributed by atoms with Gasteiger partial charge in [0.05, 0.1) is 46.5 Å². The number of carbonyl (C=O) groups is 1. The van der Waals surface area contributed by atoms with E-state index >= 15 is 0 Å². The average Bonchev–Trinajstić information content (AvgIpc) is 3.69. The molecule has 0 radical (unpaired) electrons. The van der Waals surface area contributed by atoms with Crippen molar-refractivity contribution in [3.8, 4) is 11.6 Å². The number of aromatic nitrogens is 6. The van der Waals surface area contributed by atoms with Crippen molar-refractivity contribution in [2.75, 3.05) is 0 Å². The molecule has 1 atom stereocenters. The predicted molar refractivity (Wildman–Crippen MR) is 165 cm³/mol. The van der Waals surface area contributed by atoms with Crippen LogP contribution in [0.25, 0.3) is 22.7 Å². The molecule has 250 valence electrons. The third-order valence-corrected chi connectivity index (χ3v) is 9.37. The van der Waals surface area contributed by atoms with Crippen LogP contribution in [-0.2, 0) is 25.7 Å². The monoisotopic (exact) mass is 733 g/mol. The van der Waals surface area contributed by atoms with E-state index in [1.807, 2.05) is 6.07 Å². The summed E-state index contributed by atoms with van der Waals surface area (Å²) in [5.41, 5.74) is 1.24. The van der Waals surface area contributed by atoms with Crippen LogP contribution in [-0.4, -0.2) is 51.9 Å². The molecular formula is C32H26BrF6N7O2. The molecule has 1 amide bonds. The zero-order valence-corrected chi connectivity index (χ0v) is 27.0. The van der Waals surface area contributed by atoms with Gasteiger partial charge in [0.15, 0.2) is 0 Å². The van der Waals surface area contributed by atoms with Crippen molar-refractivity contribution < 1.29 is 31.1 Å². The van der Waals surface area contributed by atoms with Crippen molar-refractivity contribution >= 4 is 32.9 Å². The SMILES string of the molecule is Cc1cc(C2CC2)nn1-c1nc2c(c(=O)n1-c1ccc3c(c1)ncn3CC(F)(F)F)CC(C)N(C(=O)c1ccc(Br)c(C(F)(F)F)c1)C2. The van der Waals surface area contributed by atoms with Crippen molar-refractivity contribution in [1.29, 1.82) is 0 Å². The summed E-state index contributed by atoms with van der Waals surface area (Å²) in [6.07, 6.45) is -6.05. The van der Waals surface area contributed by atoms with Gasteiger partial charge in [-0.1, -0.05) is 15.9 Å². The van der Waals surface area contributed by atoms with Crippen LogP contribution >= 0.6 is 15.9 Å². The first-order valence-electron chi connectivity index (χ1n) is 15.0. The highest BCUT2D eigenvalue weighted by Gasteiger charge is 2.37. The maximum atomic E-state index is 14.4. The quantitative estimate of drug-likeness (QED) is 0.184. The summed E-state index contributed by atoms with van der Waals surface area (Å²) in [5.74, 6) is -0.273. The second-order valence-electron chi connectivity index (χ2n) is 12.2. The molecule has 16 heteroatoms. The minimum atomic E-state index is -4.68. The number of hydrogen-bond acceptors (Lipinski definition) is 5. The minimum Gasteiger partial charge on any atom is -0.330 e. The second-order valence-corrected chi connectivity index (χ2v) is 13.1. The molecule has 0 saturated heterocycles. The Morgan fingerprint density at radius 3 is 2.48 bits per heavy atom. The summed E-state index contributed by atoms with van der Waals surface area (Å²) >= 11 is 2.90. The van der Waals surface area contributed by atoms with E-state index in [1.165, 1.54) is 44.5 Å². The molecule has 9 nitrogen and oxygen atoms in total. The number of rotatable bonds is 5. The molecule has 3 aromatic heterocycles. The van der Waals surface area contributed by atoms with E-state index in [9.17, 15) is 35.9 Å². The molecule has 0 spiro atoms. The lowest BCUT2D eigenvalue weighted by molar-refractivity contribution is -0.140. The minimum absolute atomic E-state index is 0.0592. The highest BCUT2D eigenvalue weighted by molar-refractivity contribution is 9.10. The van der Waals surface area contributed by atoms with Crippen molar-refractivity contribution in [1.82, 2.24) is 33.8 Å². The number of carbonyl (C=O) groups excluding carboxylic acids is 1. The van der Waals surface area contributed by atoms with E-state index in [0.29, 0.717) is 16.9 Å². The largest absolute Gasteiger partial charge is 0.417 e. The molecule has 2 aliphatic rings. The van der Waals surface area contributed by atoms with Crippen LogP contribution in [0.1, 0.15) is 64.2 Å². The molecule has 0 bridgehead atoms. The molecular weight excluding hydrogens is 708 g/mol. The summed E-state index contributed by atoms with van der Waals surface area (Å²) in [7, 11) is 0. The van der Waals surface area contributed by atoms with Crippen molar-refractivity contribution in [3.05, 3.63) is 97.4 Å². The third kappa shape index (κ3) is 5.79. The predicted octanol–water partition coefficient (Wildman–Crippen LogP) is 6.88. The van der Waals surface area contributed by atoms with E-state index in [1.54, 1.807) is 13.8 Å². The number of amides is 1. The van der Waals surface area contributed by atoms with E-state index in [2.05, 4.69) is 20.9 Å². The molecule has 5 aromatic rings. The summed E-state index contributed by atoms with van der Waals surface area (Å²) in [5, 5.41) is 4.74. The number of aryl methyl sites for hydroxylation is 1. The number of benzene rings is 2. The van der Waals surface area contributed by atoms with Crippen LogP contribution in [0.15, 0.2) is 58.1 Å². The van der Waals surface area contributed by atoms with Crippen LogP contribution in [0.4, 0.5) is 26.3 Å². The first kappa shape index (κ1) is 32.1. The first-order chi connectivity index (χ1) is 22.6. The Labute approximate surface area is 276 Å². The van der Waals surface area contributed by atoms with Crippen molar-refractivity contribution in [2.24, 2.45) is 0 Å². The van der Waals surface area contributed by atoms with Gasteiger partial charge in [-0.15, -0.1) is 0 Å². The smallest absolute Gasteiger partial charge is 0.330 e. The number of hydrogen-bond donors (Lipinski definition) is 0. The van der Waals surface area contributed by atoms with Gasteiger partial charge in [-0.2, -0.15) is 31.4 Å². The molecule has 1 aliphatic carbocycles. The van der Waals surface area contributed by atoms with Gasteiger partial charge < -0.3 is 9.47 Å². The summed E-state index contributed by atoms with van der Waals surface area (Å²) in [4.78, 5) is 38.4. The average molecular weight is 734 g/mol. The maximum absolute atomic E-state index is 14.4. The molecule has 1 unspecified atom stereocenters. The molecule has 2 aromatic carbocycles. The number of nitrogens with zero attached hydrogens (tertiary/aromatic N) is 7. The van der Waals surface area contributed by atoms with Gasteiger partial charge in [0.2, 0.25) is 5.95 Å². The zero-order chi connectivity index (χ0) is 34.3. The van der Waals surface area contributed by atoms with Crippen molar-refractivity contribution in [3.63, 3.8) is 0 Å². The Morgan fingerprint density at radius 1 is 1.04 bits per heavy atom. The molecule has 4 heterocycles. The Kier molecular flexibility index (Phi) is 7.56. The standard InChI is InChI=1S/C32H26BrF6N7O2/c1-16-9-21-26(13-44(16)28(47)19-5-7-23(33)22(11-19)32(37,38)39)41-30(46-17(2)10-24(42-46)18-3-4-18)45(29(21)48)20-6-8-27-25(12-20)40-15-43(27)14-31(34,35)36/h5-8,10-12,15-16,18H,3-4,9,13-14H2,1-2H3. The second kappa shape index (κ2) is 11.3. The van der Waals surface area contributed by atoms with Gasteiger partial charge in [-0.25, -0.2) is 19.2 Å². The van der Waals surface area contributed by atoms with Gasteiger partial charge in [-0.3, -0.25) is 9.59 Å². The normalized spacial score (nSPS) is 16.9. The Balaban J connectivity index is 1.34. The summed E-state index contributed by atoms with van der Waals surface area (Å²) in [6, 6.07) is 9.09. The van der Waals surface area contributed by atoms with Gasteiger partial charge in [-0.05, 0) is 75.6 Å². The Bertz CT molecular complexity index is 2160. The Hall–Kier alpha value is -4.47. The van der Waals surface area contributed by atoms with E-state index in [4.69, 9.17) is 10.1 Å². The zero-order valence-electron chi connectivity index (χ0n) is 25.4. The molecule has 48 heavy (non-hydrogen) atoms. The molecule has 0 N–H and O–H groups in total. The van der Waals surface area contributed by atoms with Gasteiger partial charge in [0, 0.05) is 33.3 Å². The fourth-order valence-corrected chi connectivity index (χ4v) is 6.60. The van der Waals surface area contributed by atoms with E-state index in [-0.39, 0.29) is 51.6 Å². The van der Waals surface area contributed by atoms with Crippen LogP contribution in [0.5, 0.6) is 0 Å². The number of fused-ring (bicyclic) bond motifs is 2. The number of halogens is 7. The lowest BCUT2D eigenvalue weighted by Crippen LogP contribution is -2.46. The molecule has 1 fully saturated rings. The number of imidazole rings is 1. The first-order valence-corrected chi connectivity index (χ1v) is 15.8. The van der Waals surface area contributed by atoms with E-state index in [0.717, 1.165) is 35.5 Å². The summed E-state index contributed by atoms with van der Waals surface area (Å²) in [6.45, 7) is 2.13. The topological polar surface area (TPSA) is 90.8 Å². The highest BCUT2D eigenvalue weighted by Crippen LogP contribution is 2.40. The summed E-state index contributed by atoms with van der Waals surface area (Å²) < 4.78 is 83.9. The fourth-order valence-electron chi connectivity index (χ4n) is 6.12. The van der Waals surface area contributed by atoms with Gasteiger partial charge >= 0.3 is 12.4 Å². The van der Waals surface area contributed by atoms with E-state index < -0.39 is 42.0 Å².